The summed E-state index contributed by atoms with van der Waals surface area (Å²) in [4.78, 5) is 0. The average Bonchev–Trinajstić information content (AvgIpc) is 3.09. The third-order valence-electron chi connectivity index (χ3n) is 11.2. The van der Waals surface area contributed by atoms with Gasteiger partial charge in [0.05, 0.1) is 54.4 Å². The van der Waals surface area contributed by atoms with Gasteiger partial charge in [-0.2, -0.15) is 79.0 Å². The maximum absolute atomic E-state index is 13.6. The SMILES string of the molecule is C[N+](C)(CCCCCCCCCCCC(F)(F)C(F)(F)C(F)(F)C(F)(F)F)CCCCCC[N+](C)(C)CCCCCCCCCCCC(F)(F)C(F)(F)C(F)(F)C(F)(F)F. The van der Waals surface area contributed by atoms with E-state index in [1.807, 2.05) is 0 Å². The zero-order chi connectivity index (χ0) is 46.8. The first kappa shape index (κ1) is 58.7. The topological polar surface area (TPSA) is 0 Å². The van der Waals surface area contributed by atoms with Gasteiger partial charge in [-0.15, -0.1) is 0 Å². The van der Waals surface area contributed by atoms with E-state index in [0.717, 1.165) is 125 Å². The second kappa shape index (κ2) is 24.6. The second-order valence-corrected chi connectivity index (χ2v) is 17.7. The van der Waals surface area contributed by atoms with Crippen LogP contribution >= 0.6 is 0 Å². The monoisotopic (exact) mass is 919 g/mol. The van der Waals surface area contributed by atoms with E-state index in [9.17, 15) is 79.0 Å². The summed E-state index contributed by atoms with van der Waals surface area (Å²) in [5, 5.41) is 0. The molecule has 0 unspecified atom stereocenters. The van der Waals surface area contributed by atoms with Crippen LogP contribution in [0.4, 0.5) is 79.0 Å². The highest BCUT2D eigenvalue weighted by atomic mass is 19.4. The van der Waals surface area contributed by atoms with Gasteiger partial charge in [0.25, 0.3) is 0 Å². The second-order valence-electron chi connectivity index (χ2n) is 17.7. The molecule has 0 amide bonds. The zero-order valence-corrected chi connectivity index (χ0v) is 35.5. The Kier molecular flexibility index (Phi) is 24.1. The van der Waals surface area contributed by atoms with Crippen molar-refractivity contribution >= 4 is 0 Å². The van der Waals surface area contributed by atoms with Crippen LogP contribution in [0.1, 0.15) is 154 Å². The molecule has 0 heterocycles. The number of halogens is 18. The molecule has 20 heteroatoms. The largest absolute Gasteiger partial charge is 0.460 e. The lowest BCUT2D eigenvalue weighted by Crippen LogP contribution is -2.60. The van der Waals surface area contributed by atoms with Gasteiger partial charge >= 0.3 is 47.9 Å². The van der Waals surface area contributed by atoms with Crippen LogP contribution in [0.5, 0.6) is 0 Å². The van der Waals surface area contributed by atoms with Gasteiger partial charge in [0, 0.05) is 12.8 Å². The summed E-state index contributed by atoms with van der Waals surface area (Å²) >= 11 is 0. The van der Waals surface area contributed by atoms with Crippen molar-refractivity contribution in [2.24, 2.45) is 0 Å². The normalized spacial score (nSPS) is 14.7. The van der Waals surface area contributed by atoms with E-state index in [4.69, 9.17) is 0 Å². The Labute approximate surface area is 344 Å². The Hall–Kier alpha value is -1.34. The van der Waals surface area contributed by atoms with Gasteiger partial charge in [0.15, 0.2) is 0 Å². The maximum atomic E-state index is 13.6. The van der Waals surface area contributed by atoms with Crippen molar-refractivity contribution < 1.29 is 88.0 Å². The van der Waals surface area contributed by atoms with E-state index in [1.54, 1.807) is 0 Å². The minimum Gasteiger partial charge on any atom is -0.328 e. The highest BCUT2D eigenvalue weighted by Crippen LogP contribution is 2.55. The molecule has 0 radical (unpaired) electrons. The third-order valence-corrected chi connectivity index (χ3v) is 11.2. The maximum Gasteiger partial charge on any atom is 0.460 e. The Morgan fingerprint density at radius 3 is 0.583 bits per heavy atom. The molecule has 0 aromatic rings. The minimum absolute atomic E-state index is 0.0177. The molecule has 0 saturated carbocycles. The molecule has 0 spiro atoms. The van der Waals surface area contributed by atoms with E-state index in [0.29, 0.717) is 25.7 Å². The van der Waals surface area contributed by atoms with Gasteiger partial charge in [-0.3, -0.25) is 0 Å². The average molecular weight is 919 g/mol. The Balaban J connectivity index is 3.92. The summed E-state index contributed by atoms with van der Waals surface area (Å²) in [7, 11) is 8.73. The molecule has 0 aromatic carbocycles. The number of hydrogen-bond acceptors (Lipinski definition) is 0. The van der Waals surface area contributed by atoms with Gasteiger partial charge in [0.2, 0.25) is 0 Å². The Morgan fingerprint density at radius 1 is 0.233 bits per heavy atom. The van der Waals surface area contributed by atoms with Crippen molar-refractivity contribution in [1.29, 1.82) is 0 Å². The highest BCUT2D eigenvalue weighted by Gasteiger charge is 2.82. The van der Waals surface area contributed by atoms with Gasteiger partial charge in [-0.05, 0) is 64.2 Å². The molecular formula is C40H68F18N2+2. The molecule has 362 valence electrons. The molecule has 0 saturated heterocycles. The zero-order valence-electron chi connectivity index (χ0n) is 35.5. The number of quaternary nitrogens is 2. The summed E-state index contributed by atoms with van der Waals surface area (Å²) in [6.45, 7) is 4.09. The van der Waals surface area contributed by atoms with Gasteiger partial charge in [0.1, 0.15) is 0 Å². The highest BCUT2D eigenvalue weighted by molar-refractivity contribution is 5.01. The Morgan fingerprint density at radius 2 is 0.400 bits per heavy atom. The number of rotatable bonds is 35. The molecule has 0 aliphatic heterocycles. The lowest BCUT2D eigenvalue weighted by molar-refractivity contribution is -0.891. The smallest absolute Gasteiger partial charge is 0.328 e. The summed E-state index contributed by atoms with van der Waals surface area (Å²) < 4.78 is 235. The summed E-state index contributed by atoms with van der Waals surface area (Å²) in [6, 6.07) is 0. The molecule has 2 nitrogen and oxygen atoms in total. The Bertz CT molecular complexity index is 1060. The fraction of sp³-hybridized carbons (Fsp3) is 1.00. The first-order chi connectivity index (χ1) is 27.1. The molecular weight excluding hydrogens is 850 g/mol. The molecule has 60 heavy (non-hydrogen) atoms. The van der Waals surface area contributed by atoms with Crippen molar-refractivity contribution in [3.8, 4) is 0 Å². The van der Waals surface area contributed by atoms with Crippen LogP contribution < -0.4 is 0 Å². The van der Waals surface area contributed by atoms with Crippen LogP contribution in [0.25, 0.3) is 0 Å². The molecule has 0 rings (SSSR count). The number of nitrogens with zero attached hydrogens (tertiary/aromatic N) is 2. The van der Waals surface area contributed by atoms with Crippen LogP contribution in [0.2, 0.25) is 0 Å². The van der Waals surface area contributed by atoms with Crippen LogP contribution in [0.3, 0.4) is 0 Å². The fourth-order valence-electron chi connectivity index (χ4n) is 7.03. The molecule has 0 atom stereocenters. The van der Waals surface area contributed by atoms with E-state index < -0.39 is 73.6 Å². The summed E-state index contributed by atoms with van der Waals surface area (Å²) in [5.41, 5.74) is 0. The van der Waals surface area contributed by atoms with Crippen molar-refractivity contribution in [2.75, 3.05) is 54.4 Å². The van der Waals surface area contributed by atoms with Gasteiger partial charge < -0.3 is 8.97 Å². The lowest BCUT2D eigenvalue weighted by atomic mass is 9.97. The fourth-order valence-corrected chi connectivity index (χ4v) is 7.03. The van der Waals surface area contributed by atoms with Crippen molar-refractivity contribution in [2.45, 2.75) is 202 Å². The number of unbranched alkanes of at least 4 members (excludes halogenated alkanes) is 19. The molecule has 0 N–H and O–H groups in total. The minimum atomic E-state index is -6.84. The van der Waals surface area contributed by atoms with E-state index in [1.165, 1.54) is 0 Å². The van der Waals surface area contributed by atoms with E-state index >= 15 is 0 Å². The van der Waals surface area contributed by atoms with Crippen LogP contribution in [0.15, 0.2) is 0 Å². The quantitative estimate of drug-likeness (QED) is 0.0338. The first-order valence-corrected chi connectivity index (χ1v) is 21.2. The molecule has 0 aliphatic rings. The first-order valence-electron chi connectivity index (χ1n) is 21.2. The molecule has 0 bridgehead atoms. The van der Waals surface area contributed by atoms with Crippen molar-refractivity contribution in [1.82, 2.24) is 0 Å². The predicted molar refractivity (Wildman–Crippen MR) is 196 cm³/mol. The van der Waals surface area contributed by atoms with Crippen LogP contribution in [-0.2, 0) is 0 Å². The molecule has 0 aliphatic carbocycles. The van der Waals surface area contributed by atoms with Gasteiger partial charge in [-0.1, -0.05) is 77.0 Å². The molecule has 0 fully saturated rings. The number of hydrogen-bond donors (Lipinski definition) is 0. The number of alkyl halides is 18. The van der Waals surface area contributed by atoms with Gasteiger partial charge in [-0.25, -0.2) is 0 Å². The van der Waals surface area contributed by atoms with Crippen LogP contribution in [-0.4, -0.2) is 111 Å². The van der Waals surface area contributed by atoms with Crippen LogP contribution in [0, 0.1) is 0 Å². The summed E-state index contributed by atoms with van der Waals surface area (Å²) in [6.07, 6.45) is -2.62. The van der Waals surface area contributed by atoms with Crippen molar-refractivity contribution in [3.63, 3.8) is 0 Å². The third kappa shape index (κ3) is 19.2. The van der Waals surface area contributed by atoms with Crippen molar-refractivity contribution in [3.05, 3.63) is 0 Å². The standard InChI is InChI=1S/C40H68F18N2/c1-59(2,29-23-17-13-9-5-7-11-15-21-27-33(41,42)35(45,46)37(49,50)39(53,54)55)31-25-19-20-26-32-60(3,4)30-24-18-14-10-6-8-12-16-22-28-34(43,44)36(47,48)38(51,52)40(56,57)58/h5-32H2,1-4H3/q+2. The van der Waals surface area contributed by atoms with E-state index in [-0.39, 0.29) is 12.8 Å². The summed E-state index contributed by atoms with van der Waals surface area (Å²) in [5.74, 6) is -37.7. The van der Waals surface area contributed by atoms with E-state index in [2.05, 4.69) is 28.2 Å². The lowest BCUT2D eigenvalue weighted by Gasteiger charge is -2.33. The molecule has 0 aromatic heterocycles. The predicted octanol–water partition coefficient (Wildman–Crippen LogP) is 15.4.